The summed E-state index contributed by atoms with van der Waals surface area (Å²) >= 11 is 0. The minimum atomic E-state index is 0.789. The van der Waals surface area contributed by atoms with E-state index in [1.807, 2.05) is 18.5 Å². The Morgan fingerprint density at radius 2 is 1.96 bits per heavy atom. The molecule has 5 nitrogen and oxygen atoms in total. The lowest BCUT2D eigenvalue weighted by Crippen LogP contribution is -2.13. The highest BCUT2D eigenvalue weighted by Gasteiger charge is 2.05. The van der Waals surface area contributed by atoms with Gasteiger partial charge in [0.05, 0.1) is 0 Å². The fraction of sp³-hybridized carbons (Fsp3) is 0.200. The first kappa shape index (κ1) is 15.6. The van der Waals surface area contributed by atoms with E-state index in [-0.39, 0.29) is 0 Å². The molecule has 0 spiro atoms. The van der Waals surface area contributed by atoms with Crippen molar-refractivity contribution in [3.63, 3.8) is 0 Å². The van der Waals surface area contributed by atoms with Crippen molar-refractivity contribution in [2.45, 2.75) is 26.9 Å². The van der Waals surface area contributed by atoms with Crippen LogP contribution in [0.15, 0.2) is 55.0 Å². The smallest absolute Gasteiger partial charge is 0.156 e. The molecule has 4 rings (SSSR count). The summed E-state index contributed by atoms with van der Waals surface area (Å²) < 4.78 is 1.79. The van der Waals surface area contributed by atoms with Gasteiger partial charge in [0, 0.05) is 42.9 Å². The maximum atomic E-state index is 4.55. The Bertz CT molecular complexity index is 998. The molecule has 4 aromatic rings. The molecule has 0 saturated carbocycles. The third kappa shape index (κ3) is 3.32. The molecule has 0 fully saturated rings. The number of aromatic amines is 1. The Kier molecular flexibility index (Phi) is 4.07. The van der Waals surface area contributed by atoms with E-state index in [0.29, 0.717) is 0 Å². The van der Waals surface area contributed by atoms with E-state index in [9.17, 15) is 0 Å². The van der Waals surface area contributed by atoms with E-state index in [1.165, 1.54) is 27.7 Å². The maximum Gasteiger partial charge on any atom is 0.156 e. The minimum absolute atomic E-state index is 0.789. The van der Waals surface area contributed by atoms with Gasteiger partial charge in [-0.1, -0.05) is 6.07 Å². The fourth-order valence-corrected chi connectivity index (χ4v) is 3.14. The van der Waals surface area contributed by atoms with Crippen molar-refractivity contribution in [1.82, 2.24) is 25.1 Å². The number of H-pyrrole nitrogens is 1. The zero-order valence-corrected chi connectivity index (χ0v) is 14.5. The number of rotatable bonds is 5. The van der Waals surface area contributed by atoms with Crippen LogP contribution in [0.4, 0.5) is 0 Å². The van der Waals surface area contributed by atoms with Gasteiger partial charge in [0.25, 0.3) is 0 Å². The first-order chi connectivity index (χ1) is 12.2. The summed E-state index contributed by atoms with van der Waals surface area (Å²) in [5.74, 6) is 0.877. The summed E-state index contributed by atoms with van der Waals surface area (Å²) in [4.78, 5) is 7.90. The summed E-state index contributed by atoms with van der Waals surface area (Å²) in [5, 5.41) is 9.00. The van der Waals surface area contributed by atoms with Gasteiger partial charge in [0.1, 0.15) is 0 Å². The number of aromatic nitrogens is 4. The van der Waals surface area contributed by atoms with Crippen LogP contribution in [0.2, 0.25) is 0 Å². The van der Waals surface area contributed by atoms with Crippen molar-refractivity contribution in [3.8, 4) is 5.82 Å². The number of pyridine rings is 1. The van der Waals surface area contributed by atoms with Crippen LogP contribution in [0.3, 0.4) is 0 Å². The van der Waals surface area contributed by atoms with Gasteiger partial charge < -0.3 is 10.3 Å². The van der Waals surface area contributed by atoms with Crippen LogP contribution in [0, 0.1) is 13.8 Å². The molecule has 25 heavy (non-hydrogen) atoms. The van der Waals surface area contributed by atoms with Crippen molar-refractivity contribution in [2.24, 2.45) is 0 Å². The minimum Gasteiger partial charge on any atom is -0.359 e. The number of aryl methyl sites for hydroxylation is 2. The maximum absolute atomic E-state index is 4.55. The van der Waals surface area contributed by atoms with Crippen molar-refractivity contribution < 1.29 is 0 Å². The second-order valence-corrected chi connectivity index (χ2v) is 6.41. The molecule has 0 bridgehead atoms. The van der Waals surface area contributed by atoms with Crippen LogP contribution < -0.4 is 5.32 Å². The lowest BCUT2D eigenvalue weighted by molar-refractivity contribution is 0.690. The molecule has 0 saturated heterocycles. The number of benzene rings is 1. The van der Waals surface area contributed by atoms with Crippen molar-refractivity contribution in [2.75, 3.05) is 0 Å². The predicted octanol–water partition coefficient (Wildman–Crippen LogP) is 3.66. The average Bonchev–Trinajstić information content (AvgIpc) is 3.23. The van der Waals surface area contributed by atoms with Gasteiger partial charge in [0.15, 0.2) is 5.82 Å². The van der Waals surface area contributed by atoms with Crippen molar-refractivity contribution >= 4 is 10.9 Å². The SMILES string of the molecule is Cc1cc2cc(CNCc3cnc(-n4cccn4)c(C)c3)ccc2[nH]1. The molecule has 0 aliphatic carbocycles. The number of fused-ring (bicyclic) bond motifs is 1. The second-order valence-electron chi connectivity index (χ2n) is 6.41. The van der Waals surface area contributed by atoms with E-state index in [1.54, 1.807) is 10.9 Å². The number of nitrogens with one attached hydrogen (secondary N) is 2. The van der Waals surface area contributed by atoms with Crippen LogP contribution in [-0.2, 0) is 13.1 Å². The molecule has 2 N–H and O–H groups in total. The highest BCUT2D eigenvalue weighted by atomic mass is 15.3. The Labute approximate surface area is 146 Å². The van der Waals surface area contributed by atoms with Crippen LogP contribution >= 0.6 is 0 Å². The van der Waals surface area contributed by atoms with E-state index >= 15 is 0 Å². The van der Waals surface area contributed by atoms with Crippen LogP contribution in [0.1, 0.15) is 22.4 Å². The van der Waals surface area contributed by atoms with Gasteiger partial charge in [0.2, 0.25) is 0 Å². The van der Waals surface area contributed by atoms with Crippen molar-refractivity contribution in [1.29, 1.82) is 0 Å². The van der Waals surface area contributed by atoms with Gasteiger partial charge in [-0.25, -0.2) is 9.67 Å². The van der Waals surface area contributed by atoms with E-state index in [0.717, 1.165) is 24.5 Å². The molecule has 0 unspecified atom stereocenters. The highest BCUT2D eigenvalue weighted by Crippen LogP contribution is 2.17. The van der Waals surface area contributed by atoms with Gasteiger partial charge in [-0.05, 0) is 66.3 Å². The number of nitrogens with zero attached hydrogens (tertiary/aromatic N) is 3. The largest absolute Gasteiger partial charge is 0.359 e. The molecule has 0 radical (unpaired) electrons. The normalized spacial score (nSPS) is 11.3. The van der Waals surface area contributed by atoms with E-state index in [4.69, 9.17) is 0 Å². The topological polar surface area (TPSA) is 58.5 Å². The highest BCUT2D eigenvalue weighted by molar-refractivity contribution is 5.81. The van der Waals surface area contributed by atoms with Gasteiger partial charge in [-0.15, -0.1) is 0 Å². The van der Waals surface area contributed by atoms with Gasteiger partial charge >= 0.3 is 0 Å². The average molecular weight is 331 g/mol. The Morgan fingerprint density at radius 3 is 2.76 bits per heavy atom. The van der Waals surface area contributed by atoms with Crippen LogP contribution in [-0.4, -0.2) is 19.7 Å². The zero-order valence-electron chi connectivity index (χ0n) is 14.5. The van der Waals surface area contributed by atoms with Crippen LogP contribution in [0.25, 0.3) is 16.7 Å². The summed E-state index contributed by atoms with van der Waals surface area (Å²) in [7, 11) is 0. The molecule has 0 aliphatic rings. The molecule has 126 valence electrons. The number of hydrogen-bond donors (Lipinski definition) is 2. The summed E-state index contributed by atoms with van der Waals surface area (Å²) in [5.41, 5.74) is 5.96. The second kappa shape index (κ2) is 6.53. The zero-order chi connectivity index (χ0) is 17.2. The molecule has 3 heterocycles. The first-order valence-electron chi connectivity index (χ1n) is 8.43. The Morgan fingerprint density at radius 1 is 1.08 bits per heavy atom. The quantitative estimate of drug-likeness (QED) is 0.587. The first-order valence-corrected chi connectivity index (χ1v) is 8.43. The number of hydrogen-bond acceptors (Lipinski definition) is 3. The van der Waals surface area contributed by atoms with Crippen molar-refractivity contribution in [3.05, 3.63) is 77.4 Å². The summed E-state index contributed by atoms with van der Waals surface area (Å²) in [6.45, 7) is 5.77. The predicted molar refractivity (Wildman–Crippen MR) is 99.7 cm³/mol. The molecule has 0 aliphatic heterocycles. The molecule has 0 atom stereocenters. The van der Waals surface area contributed by atoms with E-state index < -0.39 is 0 Å². The Hall–Kier alpha value is -2.92. The molecule has 5 heteroatoms. The standard InChI is InChI=1S/C20H21N5/c1-14-8-17(13-22-20(14)25-7-3-6-23-25)12-21-11-16-4-5-19-18(10-16)9-15(2)24-19/h3-10,13,21,24H,11-12H2,1-2H3. The molecular weight excluding hydrogens is 310 g/mol. The molecule has 1 aromatic carbocycles. The molecule has 0 amide bonds. The summed E-state index contributed by atoms with van der Waals surface area (Å²) in [6.07, 6.45) is 5.58. The van der Waals surface area contributed by atoms with Gasteiger partial charge in [-0.2, -0.15) is 5.10 Å². The fourth-order valence-electron chi connectivity index (χ4n) is 3.14. The Balaban J connectivity index is 1.41. The third-order valence-electron chi connectivity index (χ3n) is 4.31. The molecule has 3 aromatic heterocycles. The van der Waals surface area contributed by atoms with Gasteiger partial charge in [-0.3, -0.25) is 0 Å². The lowest BCUT2D eigenvalue weighted by Gasteiger charge is -2.09. The summed E-state index contributed by atoms with van der Waals surface area (Å²) in [6, 6.07) is 12.8. The molecular formula is C20H21N5. The lowest BCUT2D eigenvalue weighted by atomic mass is 10.1. The van der Waals surface area contributed by atoms with Crippen LogP contribution in [0.5, 0.6) is 0 Å². The van der Waals surface area contributed by atoms with E-state index in [2.05, 4.69) is 64.6 Å². The third-order valence-corrected chi connectivity index (χ3v) is 4.31. The monoisotopic (exact) mass is 331 g/mol.